The molecule has 0 aliphatic heterocycles. The van der Waals surface area contributed by atoms with Crippen LogP contribution in [-0.2, 0) is 4.79 Å². The highest BCUT2D eigenvalue weighted by molar-refractivity contribution is 7.80. The molecular weight excluding hydrogens is 336 g/mol. The van der Waals surface area contributed by atoms with Crippen LogP contribution in [0.2, 0.25) is 0 Å². The number of nitrogens with zero attached hydrogens (tertiary/aromatic N) is 2. The van der Waals surface area contributed by atoms with Gasteiger partial charge in [0.05, 0.1) is 13.1 Å². The van der Waals surface area contributed by atoms with E-state index >= 15 is 0 Å². The van der Waals surface area contributed by atoms with Crippen molar-refractivity contribution in [3.8, 4) is 0 Å². The van der Waals surface area contributed by atoms with Crippen molar-refractivity contribution in [2.75, 3.05) is 27.2 Å². The molecule has 0 saturated carbocycles. The van der Waals surface area contributed by atoms with Crippen molar-refractivity contribution in [3.63, 3.8) is 0 Å². The van der Waals surface area contributed by atoms with E-state index in [1.807, 2.05) is 74.8 Å². The number of carbonyl (C=O) groups excluding carboxylic acids is 1. The average Bonchev–Trinajstić information content (AvgIpc) is 2.61. The molecule has 0 unspecified atom stereocenters. The van der Waals surface area contributed by atoms with Crippen LogP contribution in [0.5, 0.6) is 0 Å². The van der Waals surface area contributed by atoms with Crippen LogP contribution in [0.3, 0.4) is 0 Å². The minimum absolute atomic E-state index is 0.0663. The molecule has 2 aromatic carbocycles. The van der Waals surface area contributed by atoms with Crippen molar-refractivity contribution in [2.24, 2.45) is 0 Å². The lowest BCUT2D eigenvalue weighted by Gasteiger charge is -2.23. The number of thiocarbonyl (C=S) groups is 2. The number of carbonyl (C=O) groups is 1. The molecular formula is C19H20N2OS2. The van der Waals surface area contributed by atoms with Crippen molar-refractivity contribution in [1.82, 2.24) is 9.80 Å². The summed E-state index contributed by atoms with van der Waals surface area (Å²) < 4.78 is 0. The van der Waals surface area contributed by atoms with Gasteiger partial charge in [0, 0.05) is 25.2 Å². The average molecular weight is 357 g/mol. The summed E-state index contributed by atoms with van der Waals surface area (Å²) in [5.74, 6) is 0.0663. The fourth-order valence-electron chi connectivity index (χ4n) is 2.32. The van der Waals surface area contributed by atoms with Gasteiger partial charge < -0.3 is 9.80 Å². The third kappa shape index (κ3) is 4.94. The lowest BCUT2D eigenvalue weighted by Crippen LogP contribution is -2.38. The van der Waals surface area contributed by atoms with Gasteiger partial charge in [0.25, 0.3) is 0 Å². The number of Topliss-reactive ketones (excluding diaryl/α,β-unsaturated/α-hetero) is 1. The van der Waals surface area contributed by atoms with E-state index in [0.717, 1.165) is 11.1 Å². The van der Waals surface area contributed by atoms with Gasteiger partial charge in [0.2, 0.25) is 0 Å². The first kappa shape index (κ1) is 18.2. The minimum atomic E-state index is 0.0663. The molecule has 2 aromatic rings. The third-order valence-corrected chi connectivity index (χ3v) is 4.66. The Kier molecular flexibility index (Phi) is 6.58. The predicted molar refractivity (Wildman–Crippen MR) is 107 cm³/mol. The number of hydrogen-bond donors (Lipinski definition) is 0. The van der Waals surface area contributed by atoms with Crippen LogP contribution < -0.4 is 0 Å². The van der Waals surface area contributed by atoms with Crippen molar-refractivity contribution in [1.29, 1.82) is 0 Å². The summed E-state index contributed by atoms with van der Waals surface area (Å²) in [6.07, 6.45) is 0. The molecule has 0 radical (unpaired) electrons. The Bertz CT molecular complexity index is 655. The first-order valence-corrected chi connectivity index (χ1v) is 8.43. The monoisotopic (exact) mass is 356 g/mol. The number of likely N-dealkylation sites (N-methyl/N-ethyl adjacent to an activating group) is 2. The molecule has 0 spiro atoms. The molecule has 0 fully saturated rings. The second-order valence-corrected chi connectivity index (χ2v) is 6.37. The summed E-state index contributed by atoms with van der Waals surface area (Å²) in [6.45, 7) is 0.519. The Labute approximate surface area is 153 Å². The van der Waals surface area contributed by atoms with Crippen molar-refractivity contribution in [2.45, 2.75) is 0 Å². The maximum Gasteiger partial charge on any atom is 0.171 e. The number of rotatable bonds is 6. The summed E-state index contributed by atoms with van der Waals surface area (Å²) in [7, 11) is 3.67. The Morgan fingerprint density at radius 2 is 1.08 bits per heavy atom. The van der Waals surface area contributed by atoms with E-state index in [1.54, 1.807) is 9.80 Å². The molecule has 3 nitrogen and oxygen atoms in total. The molecule has 2 rings (SSSR count). The van der Waals surface area contributed by atoms with E-state index in [2.05, 4.69) is 0 Å². The smallest absolute Gasteiger partial charge is 0.171 e. The largest absolute Gasteiger partial charge is 0.358 e. The van der Waals surface area contributed by atoms with Gasteiger partial charge in [-0.05, 0) is 0 Å². The quantitative estimate of drug-likeness (QED) is 0.740. The van der Waals surface area contributed by atoms with E-state index in [9.17, 15) is 4.79 Å². The van der Waals surface area contributed by atoms with E-state index in [4.69, 9.17) is 24.4 Å². The molecule has 0 saturated heterocycles. The summed E-state index contributed by atoms with van der Waals surface area (Å²) in [5, 5.41) is 0. The molecule has 0 aliphatic rings. The van der Waals surface area contributed by atoms with Crippen LogP contribution >= 0.6 is 24.4 Å². The first-order valence-electron chi connectivity index (χ1n) is 7.61. The van der Waals surface area contributed by atoms with E-state index in [-0.39, 0.29) is 18.9 Å². The Balaban J connectivity index is 1.90. The highest BCUT2D eigenvalue weighted by Gasteiger charge is 2.15. The van der Waals surface area contributed by atoms with Crippen LogP contribution in [0.1, 0.15) is 11.1 Å². The molecule has 0 N–H and O–H groups in total. The van der Waals surface area contributed by atoms with Crippen LogP contribution in [0.15, 0.2) is 60.7 Å². The van der Waals surface area contributed by atoms with Gasteiger partial charge in [0.1, 0.15) is 9.98 Å². The SMILES string of the molecule is CN(CC(=O)CN(C)C(=S)c1ccccc1)C(=S)c1ccccc1. The van der Waals surface area contributed by atoms with Crippen LogP contribution in [-0.4, -0.2) is 52.7 Å². The molecule has 5 heteroatoms. The fourth-order valence-corrected chi connectivity index (χ4v) is 2.73. The molecule has 0 aliphatic carbocycles. The normalized spacial score (nSPS) is 10.1. The maximum atomic E-state index is 12.3. The summed E-state index contributed by atoms with van der Waals surface area (Å²) in [6, 6.07) is 19.4. The van der Waals surface area contributed by atoms with Crippen LogP contribution in [0.4, 0.5) is 0 Å². The fraction of sp³-hybridized carbons (Fsp3) is 0.211. The zero-order valence-corrected chi connectivity index (χ0v) is 15.4. The molecule has 0 heterocycles. The van der Waals surface area contributed by atoms with E-state index in [1.165, 1.54) is 0 Å². The number of hydrogen-bond acceptors (Lipinski definition) is 3. The van der Waals surface area contributed by atoms with Crippen molar-refractivity contribution < 1.29 is 4.79 Å². The van der Waals surface area contributed by atoms with Crippen LogP contribution in [0, 0.1) is 0 Å². The number of ketones is 1. The van der Waals surface area contributed by atoms with Gasteiger partial charge in [-0.1, -0.05) is 85.1 Å². The molecule has 124 valence electrons. The minimum Gasteiger partial charge on any atom is -0.358 e. The molecule has 0 atom stereocenters. The summed E-state index contributed by atoms with van der Waals surface area (Å²) in [5.41, 5.74) is 1.88. The second-order valence-electron chi connectivity index (χ2n) is 5.59. The van der Waals surface area contributed by atoms with Gasteiger partial charge in [-0.2, -0.15) is 0 Å². The van der Waals surface area contributed by atoms with Crippen molar-refractivity contribution >= 4 is 40.2 Å². The standard InChI is InChI=1S/C19H20N2OS2/c1-20(18(23)15-9-5-3-6-10-15)13-17(22)14-21(2)19(24)16-11-7-4-8-12-16/h3-12H,13-14H2,1-2H3. The zero-order valence-electron chi connectivity index (χ0n) is 13.8. The predicted octanol–water partition coefficient (Wildman–Crippen LogP) is 3.17. The van der Waals surface area contributed by atoms with Gasteiger partial charge in [0.15, 0.2) is 5.78 Å². The zero-order chi connectivity index (χ0) is 17.5. The topological polar surface area (TPSA) is 23.6 Å². The maximum absolute atomic E-state index is 12.3. The Morgan fingerprint density at radius 1 is 0.750 bits per heavy atom. The molecule has 24 heavy (non-hydrogen) atoms. The van der Waals surface area contributed by atoms with Crippen LogP contribution in [0.25, 0.3) is 0 Å². The number of benzene rings is 2. The molecule has 0 aromatic heterocycles. The van der Waals surface area contributed by atoms with Gasteiger partial charge in [-0.3, -0.25) is 4.79 Å². The Hall–Kier alpha value is -2.11. The highest BCUT2D eigenvalue weighted by atomic mass is 32.1. The summed E-state index contributed by atoms with van der Waals surface area (Å²) >= 11 is 10.9. The molecule has 0 amide bonds. The lowest BCUT2D eigenvalue weighted by molar-refractivity contribution is -0.119. The summed E-state index contributed by atoms with van der Waals surface area (Å²) in [4.78, 5) is 17.3. The lowest BCUT2D eigenvalue weighted by atomic mass is 10.2. The second kappa shape index (κ2) is 8.66. The third-order valence-electron chi connectivity index (χ3n) is 3.56. The van der Waals surface area contributed by atoms with E-state index in [0.29, 0.717) is 9.98 Å². The van der Waals surface area contributed by atoms with Gasteiger partial charge in [-0.25, -0.2) is 0 Å². The van der Waals surface area contributed by atoms with Crippen molar-refractivity contribution in [3.05, 3.63) is 71.8 Å². The van der Waals surface area contributed by atoms with E-state index < -0.39 is 0 Å². The molecule has 0 bridgehead atoms. The van der Waals surface area contributed by atoms with Gasteiger partial charge in [-0.15, -0.1) is 0 Å². The Morgan fingerprint density at radius 3 is 1.42 bits per heavy atom. The highest BCUT2D eigenvalue weighted by Crippen LogP contribution is 2.07. The van der Waals surface area contributed by atoms with Gasteiger partial charge >= 0.3 is 0 Å². The first-order chi connectivity index (χ1) is 11.5.